The summed E-state index contributed by atoms with van der Waals surface area (Å²) in [5.41, 5.74) is -0.200. The molecule has 5 heterocycles. The summed E-state index contributed by atoms with van der Waals surface area (Å²) >= 11 is 0. The number of hydrogen-bond acceptors (Lipinski definition) is 5. The quantitative estimate of drug-likeness (QED) is 0.819. The van der Waals surface area contributed by atoms with Gasteiger partial charge in [0.15, 0.2) is 0 Å². The minimum absolute atomic E-state index is 0.200. The van der Waals surface area contributed by atoms with E-state index in [-0.39, 0.29) is 5.60 Å². The molecule has 4 aliphatic rings. The Bertz CT molecular complexity index is 831. The molecule has 0 amide bonds. The maximum Gasteiger partial charge on any atom is 0.291 e. The molecule has 124 valence electrons. The fourth-order valence-corrected chi connectivity index (χ4v) is 4.28. The molecule has 2 aromatic rings. The van der Waals surface area contributed by atoms with Crippen molar-refractivity contribution < 1.29 is 9.13 Å². The molecule has 5 nitrogen and oxygen atoms in total. The molecule has 6 rings (SSSR count). The van der Waals surface area contributed by atoms with Crippen LogP contribution in [0.25, 0.3) is 10.8 Å². The zero-order valence-corrected chi connectivity index (χ0v) is 13.3. The molecule has 0 aliphatic carbocycles. The Hall–Kier alpha value is -2.21. The smallest absolute Gasteiger partial charge is 0.291 e. The van der Waals surface area contributed by atoms with Crippen LogP contribution in [0.2, 0.25) is 0 Å². The lowest BCUT2D eigenvalue weighted by molar-refractivity contribution is -0.0829. The van der Waals surface area contributed by atoms with Gasteiger partial charge in [-0.25, -0.2) is 9.98 Å². The molecule has 2 bridgehead atoms. The third kappa shape index (κ3) is 2.17. The second kappa shape index (κ2) is 5.14. The normalized spacial score (nSPS) is 31.3. The zero-order chi connectivity index (χ0) is 16.1. The van der Waals surface area contributed by atoms with Gasteiger partial charge in [0.1, 0.15) is 11.4 Å². The average Bonchev–Trinajstić information content (AvgIpc) is 2.98. The first-order valence-corrected chi connectivity index (χ1v) is 8.50. The van der Waals surface area contributed by atoms with Gasteiger partial charge in [-0.2, -0.15) is 4.39 Å². The second-order valence-corrected chi connectivity index (χ2v) is 6.98. The highest BCUT2D eigenvalue weighted by Gasteiger charge is 2.51. The number of nitrogens with one attached hydrogen (secondary N) is 1. The molecule has 1 N–H and O–H groups in total. The molecule has 3 fully saturated rings. The van der Waals surface area contributed by atoms with Gasteiger partial charge in [-0.1, -0.05) is 18.2 Å². The molecule has 1 aromatic heterocycles. The Kier molecular flexibility index (Phi) is 3.03. The molecule has 1 aromatic carbocycles. The lowest BCUT2D eigenvalue weighted by Crippen LogP contribution is -2.61. The van der Waals surface area contributed by atoms with E-state index in [0.29, 0.717) is 29.7 Å². The summed E-state index contributed by atoms with van der Waals surface area (Å²) in [5, 5.41) is 4.39. The Labute approximate surface area is 139 Å². The Morgan fingerprint density at radius 3 is 2.88 bits per heavy atom. The third-order valence-corrected chi connectivity index (χ3v) is 5.54. The number of anilines is 1. The minimum atomic E-state index is -0.480. The SMILES string of the molecule is Fc1nc(NC2=NCC3(CN4CCC3CC4)O2)cc2ccccc12. The molecule has 1 atom stereocenters. The van der Waals surface area contributed by atoms with Gasteiger partial charge in [0.25, 0.3) is 6.02 Å². The molecule has 1 spiro atoms. The van der Waals surface area contributed by atoms with Gasteiger partial charge in [0.2, 0.25) is 5.95 Å². The lowest BCUT2D eigenvalue weighted by Gasteiger charge is -2.50. The van der Waals surface area contributed by atoms with E-state index in [2.05, 4.69) is 20.2 Å². The number of pyridine rings is 1. The van der Waals surface area contributed by atoms with Crippen molar-refractivity contribution in [3.05, 3.63) is 36.3 Å². The molecule has 3 saturated heterocycles. The van der Waals surface area contributed by atoms with Crippen molar-refractivity contribution in [2.75, 3.05) is 31.5 Å². The number of ether oxygens (including phenoxy) is 1. The van der Waals surface area contributed by atoms with E-state index in [1.807, 2.05) is 24.3 Å². The maximum atomic E-state index is 14.2. The van der Waals surface area contributed by atoms with Gasteiger partial charge < -0.3 is 4.74 Å². The summed E-state index contributed by atoms with van der Waals surface area (Å²) in [5.74, 6) is 0.516. The maximum absolute atomic E-state index is 14.2. The molecular weight excluding hydrogens is 307 g/mol. The lowest BCUT2D eigenvalue weighted by atomic mass is 9.75. The number of halogens is 1. The number of benzene rings is 1. The largest absolute Gasteiger partial charge is 0.455 e. The molecule has 0 radical (unpaired) electrons. The van der Waals surface area contributed by atoms with Crippen LogP contribution in [0, 0.1) is 11.9 Å². The summed E-state index contributed by atoms with van der Waals surface area (Å²) in [7, 11) is 0. The van der Waals surface area contributed by atoms with Crippen molar-refractivity contribution in [3.63, 3.8) is 0 Å². The molecule has 24 heavy (non-hydrogen) atoms. The first-order valence-electron chi connectivity index (χ1n) is 8.50. The highest BCUT2D eigenvalue weighted by atomic mass is 19.1. The van der Waals surface area contributed by atoms with Crippen LogP contribution in [0.3, 0.4) is 0 Å². The standard InChI is InChI=1S/C18H19FN4O/c19-16-14-4-2-1-3-12(14)9-15(21-16)22-17-20-10-18(24-17)11-23-7-5-13(18)6-8-23/h1-4,9,13H,5-8,10-11H2,(H,20,21,22). The average molecular weight is 326 g/mol. The first kappa shape index (κ1) is 14.2. The van der Waals surface area contributed by atoms with Gasteiger partial charge in [0.05, 0.1) is 6.54 Å². The number of aliphatic imine (C=N–C) groups is 1. The Morgan fingerprint density at radius 1 is 1.25 bits per heavy atom. The predicted molar refractivity (Wildman–Crippen MR) is 90.6 cm³/mol. The number of hydrogen-bond donors (Lipinski definition) is 1. The summed E-state index contributed by atoms with van der Waals surface area (Å²) < 4.78 is 20.4. The predicted octanol–water partition coefficient (Wildman–Crippen LogP) is 2.64. The van der Waals surface area contributed by atoms with Crippen LogP contribution in [0.5, 0.6) is 0 Å². The van der Waals surface area contributed by atoms with E-state index in [9.17, 15) is 4.39 Å². The third-order valence-electron chi connectivity index (χ3n) is 5.54. The van der Waals surface area contributed by atoms with Crippen molar-refractivity contribution in [1.29, 1.82) is 0 Å². The molecular formula is C18H19FN4O. The van der Waals surface area contributed by atoms with Crippen LogP contribution in [-0.4, -0.2) is 47.7 Å². The zero-order valence-electron chi connectivity index (χ0n) is 13.3. The number of rotatable bonds is 1. The molecule has 4 aliphatic heterocycles. The van der Waals surface area contributed by atoms with E-state index in [1.54, 1.807) is 6.07 Å². The van der Waals surface area contributed by atoms with Crippen molar-refractivity contribution in [2.24, 2.45) is 10.9 Å². The molecule has 0 saturated carbocycles. The fraction of sp³-hybridized carbons (Fsp3) is 0.444. The highest BCUT2D eigenvalue weighted by molar-refractivity contribution is 5.92. The van der Waals surface area contributed by atoms with Crippen LogP contribution >= 0.6 is 0 Å². The second-order valence-electron chi connectivity index (χ2n) is 6.98. The topological polar surface area (TPSA) is 49.8 Å². The summed E-state index contributed by atoms with van der Waals surface area (Å²) in [6, 6.07) is 9.58. The fourth-order valence-electron chi connectivity index (χ4n) is 4.28. The Balaban J connectivity index is 1.38. The van der Waals surface area contributed by atoms with Gasteiger partial charge >= 0.3 is 0 Å². The van der Waals surface area contributed by atoms with Crippen LogP contribution in [0.4, 0.5) is 10.2 Å². The summed E-state index contributed by atoms with van der Waals surface area (Å²) in [6.45, 7) is 3.93. The summed E-state index contributed by atoms with van der Waals surface area (Å²) in [4.78, 5) is 11.0. The van der Waals surface area contributed by atoms with Crippen LogP contribution in [-0.2, 0) is 4.74 Å². The minimum Gasteiger partial charge on any atom is -0.455 e. The van der Waals surface area contributed by atoms with E-state index in [0.717, 1.165) is 25.0 Å². The number of aromatic nitrogens is 1. The molecule has 6 heteroatoms. The van der Waals surface area contributed by atoms with Gasteiger partial charge in [-0.05, 0) is 43.5 Å². The number of piperidine rings is 3. The van der Waals surface area contributed by atoms with E-state index in [1.165, 1.54) is 12.8 Å². The van der Waals surface area contributed by atoms with Crippen LogP contribution in [0.1, 0.15) is 12.8 Å². The van der Waals surface area contributed by atoms with Crippen molar-refractivity contribution in [3.8, 4) is 0 Å². The first-order chi connectivity index (χ1) is 11.7. The number of amidine groups is 1. The number of fused-ring (bicyclic) bond motifs is 3. The Morgan fingerprint density at radius 2 is 2.08 bits per heavy atom. The van der Waals surface area contributed by atoms with E-state index >= 15 is 0 Å². The van der Waals surface area contributed by atoms with E-state index in [4.69, 9.17) is 4.74 Å². The van der Waals surface area contributed by atoms with Crippen molar-refractivity contribution in [1.82, 2.24) is 9.88 Å². The van der Waals surface area contributed by atoms with Gasteiger partial charge in [0, 0.05) is 17.8 Å². The van der Waals surface area contributed by atoms with E-state index < -0.39 is 5.95 Å². The van der Waals surface area contributed by atoms with Crippen molar-refractivity contribution >= 4 is 22.6 Å². The van der Waals surface area contributed by atoms with Crippen molar-refractivity contribution in [2.45, 2.75) is 18.4 Å². The number of nitrogens with zero attached hydrogens (tertiary/aromatic N) is 3. The highest BCUT2D eigenvalue weighted by Crippen LogP contribution is 2.40. The monoisotopic (exact) mass is 326 g/mol. The van der Waals surface area contributed by atoms with Crippen LogP contribution in [0.15, 0.2) is 35.3 Å². The van der Waals surface area contributed by atoms with Gasteiger partial charge in [-0.15, -0.1) is 0 Å². The van der Waals surface area contributed by atoms with Gasteiger partial charge in [-0.3, -0.25) is 10.2 Å². The molecule has 1 unspecified atom stereocenters. The van der Waals surface area contributed by atoms with Crippen LogP contribution < -0.4 is 5.32 Å². The summed E-state index contributed by atoms with van der Waals surface area (Å²) in [6.07, 6.45) is 2.34.